The molecular formula is C18H18BN6+. The molecule has 7 heteroatoms. The van der Waals surface area contributed by atoms with Gasteiger partial charge in [-0.25, -0.2) is 9.13 Å². The Morgan fingerprint density at radius 2 is 1.12 bits per heavy atom. The molecule has 0 spiro atoms. The highest BCUT2D eigenvalue weighted by molar-refractivity contribution is 6.11. The highest BCUT2D eigenvalue weighted by Crippen LogP contribution is 2.01. The van der Waals surface area contributed by atoms with Gasteiger partial charge in [-0.1, -0.05) is 70.9 Å². The molecule has 0 amide bonds. The first-order chi connectivity index (χ1) is 12.3. The van der Waals surface area contributed by atoms with Crippen LogP contribution in [0.25, 0.3) is 0 Å². The molecule has 2 heterocycles. The summed E-state index contributed by atoms with van der Waals surface area (Å²) in [4.78, 5) is 0. The molecule has 0 N–H and O–H groups in total. The summed E-state index contributed by atoms with van der Waals surface area (Å²) in [6.07, 6.45) is 7.50. The fraction of sp³-hybridized carbons (Fsp3) is 0.111. The number of nitrogens with zero attached hydrogens (tertiary/aromatic N) is 6. The SMILES string of the molecule is [B-]([n+]1cn(Cc2ccccc2)cn1)[n+]1cn(Cc2ccccc2)cn1. The quantitative estimate of drug-likeness (QED) is 0.488. The molecule has 0 aliphatic heterocycles. The van der Waals surface area contributed by atoms with Gasteiger partial charge in [-0.2, -0.15) is 0 Å². The third-order valence-electron chi connectivity index (χ3n) is 3.85. The lowest BCUT2D eigenvalue weighted by molar-refractivity contribution is -0.720. The molecule has 4 aromatic rings. The lowest BCUT2D eigenvalue weighted by Gasteiger charge is -2.00. The van der Waals surface area contributed by atoms with Crippen LogP contribution in [0.4, 0.5) is 0 Å². The monoisotopic (exact) mass is 329 g/mol. The highest BCUT2D eigenvalue weighted by Gasteiger charge is 2.06. The minimum absolute atomic E-state index is 0.793. The number of hydrogen-bond donors (Lipinski definition) is 0. The Balaban J connectivity index is 1.39. The summed E-state index contributed by atoms with van der Waals surface area (Å²) >= 11 is 0. The molecule has 4 rings (SSSR count). The van der Waals surface area contributed by atoms with Crippen LogP contribution >= 0.6 is 0 Å². The summed E-state index contributed by atoms with van der Waals surface area (Å²) in [7, 11) is 1.84. The van der Waals surface area contributed by atoms with Crippen LogP contribution in [0.15, 0.2) is 86.0 Å². The predicted molar refractivity (Wildman–Crippen MR) is 92.5 cm³/mol. The van der Waals surface area contributed by atoms with Gasteiger partial charge in [0.25, 0.3) is 7.55 Å². The summed E-state index contributed by atoms with van der Waals surface area (Å²) in [5, 5.41) is 8.71. The van der Waals surface area contributed by atoms with Crippen LogP contribution < -0.4 is 9.19 Å². The van der Waals surface area contributed by atoms with E-state index in [9.17, 15) is 0 Å². The van der Waals surface area contributed by atoms with E-state index in [1.807, 2.05) is 78.4 Å². The van der Waals surface area contributed by atoms with Crippen molar-refractivity contribution in [3.8, 4) is 0 Å². The van der Waals surface area contributed by atoms with Crippen LogP contribution in [-0.2, 0) is 13.1 Å². The molecule has 122 valence electrons. The average Bonchev–Trinajstić information content (AvgIpc) is 3.27. The Bertz CT molecular complexity index is 855. The van der Waals surface area contributed by atoms with Gasteiger partial charge >= 0.3 is 0 Å². The van der Waals surface area contributed by atoms with E-state index in [0.717, 1.165) is 13.1 Å². The zero-order valence-electron chi connectivity index (χ0n) is 13.8. The molecule has 0 unspecified atom stereocenters. The molecule has 0 fully saturated rings. The predicted octanol–water partition coefficient (Wildman–Crippen LogP) is 0.682. The van der Waals surface area contributed by atoms with Crippen molar-refractivity contribution in [2.24, 2.45) is 0 Å². The number of aromatic nitrogens is 6. The third kappa shape index (κ3) is 4.01. The fourth-order valence-electron chi connectivity index (χ4n) is 2.67. The standard InChI is InChI=1S/C18H18BN6/c1-3-7-17(8-4-1)11-22-13-20-24(15-22)19-25-16-23(14-21-25)12-18-9-5-2-6-10-18/h1-10,13-16H,11-12H2/q+1. The van der Waals surface area contributed by atoms with Gasteiger partial charge < -0.3 is 9.19 Å². The summed E-state index contributed by atoms with van der Waals surface area (Å²) in [5.41, 5.74) is 2.48. The van der Waals surface area contributed by atoms with Crippen molar-refractivity contribution in [1.29, 1.82) is 0 Å². The summed E-state index contributed by atoms with van der Waals surface area (Å²) in [6.45, 7) is 1.59. The molecule has 0 bridgehead atoms. The molecule has 0 saturated heterocycles. The highest BCUT2D eigenvalue weighted by atomic mass is 15.4. The van der Waals surface area contributed by atoms with E-state index in [0.29, 0.717) is 0 Å². The number of rotatable bonds is 6. The van der Waals surface area contributed by atoms with Crippen LogP contribution in [0.2, 0.25) is 0 Å². The lowest BCUT2D eigenvalue weighted by Crippen LogP contribution is -2.60. The summed E-state index contributed by atoms with van der Waals surface area (Å²) < 4.78 is 7.58. The van der Waals surface area contributed by atoms with Gasteiger partial charge in [0, 0.05) is 0 Å². The third-order valence-corrected chi connectivity index (χ3v) is 3.85. The molecule has 0 saturated carbocycles. The van der Waals surface area contributed by atoms with E-state index in [1.54, 1.807) is 9.19 Å². The van der Waals surface area contributed by atoms with E-state index >= 15 is 0 Å². The van der Waals surface area contributed by atoms with Gasteiger partial charge in [-0.15, -0.1) is 0 Å². The maximum atomic E-state index is 4.35. The maximum absolute atomic E-state index is 4.35. The second-order valence-electron chi connectivity index (χ2n) is 5.88. The molecule has 2 aromatic heterocycles. The van der Waals surface area contributed by atoms with Crippen LogP contribution in [0.3, 0.4) is 0 Å². The average molecular weight is 329 g/mol. The zero-order valence-corrected chi connectivity index (χ0v) is 13.8. The first kappa shape index (κ1) is 15.3. The molecule has 0 aliphatic carbocycles. The van der Waals surface area contributed by atoms with E-state index < -0.39 is 0 Å². The molecule has 2 aromatic carbocycles. The van der Waals surface area contributed by atoms with Crippen molar-refractivity contribution >= 4 is 7.55 Å². The molecular weight excluding hydrogens is 311 g/mol. The van der Waals surface area contributed by atoms with Crippen LogP contribution in [0.1, 0.15) is 11.1 Å². The van der Waals surface area contributed by atoms with Gasteiger partial charge in [0.05, 0.1) is 0 Å². The van der Waals surface area contributed by atoms with Crippen molar-refractivity contribution in [3.05, 3.63) is 97.1 Å². The Kier molecular flexibility index (Phi) is 4.37. The largest absolute Gasteiger partial charge is 0.339 e. The lowest BCUT2D eigenvalue weighted by atomic mass is 10.2. The summed E-state index contributed by atoms with van der Waals surface area (Å²) in [5.74, 6) is 0. The topological polar surface area (TPSA) is 43.4 Å². The smallest absolute Gasteiger partial charge is 0.280 e. The molecule has 25 heavy (non-hydrogen) atoms. The second-order valence-corrected chi connectivity index (χ2v) is 5.88. The Hall–Kier alpha value is -3.22. The van der Waals surface area contributed by atoms with Crippen molar-refractivity contribution in [3.63, 3.8) is 0 Å². The first-order valence-electron chi connectivity index (χ1n) is 8.14. The van der Waals surface area contributed by atoms with Gasteiger partial charge in [0.15, 0.2) is 0 Å². The van der Waals surface area contributed by atoms with E-state index in [-0.39, 0.29) is 0 Å². The van der Waals surface area contributed by atoms with Gasteiger partial charge in [-0.3, -0.25) is 0 Å². The van der Waals surface area contributed by atoms with E-state index in [4.69, 9.17) is 0 Å². The fourth-order valence-corrected chi connectivity index (χ4v) is 2.67. The normalized spacial score (nSPS) is 10.9. The van der Waals surface area contributed by atoms with E-state index in [1.165, 1.54) is 11.1 Å². The number of benzene rings is 2. The van der Waals surface area contributed by atoms with Gasteiger partial charge in [0.2, 0.25) is 25.3 Å². The minimum Gasteiger partial charge on any atom is -0.339 e. The van der Waals surface area contributed by atoms with Gasteiger partial charge in [-0.05, 0) is 11.1 Å². The minimum atomic E-state index is 0.793. The van der Waals surface area contributed by atoms with Crippen molar-refractivity contribution in [1.82, 2.24) is 19.3 Å². The van der Waals surface area contributed by atoms with Crippen molar-refractivity contribution < 1.29 is 9.19 Å². The van der Waals surface area contributed by atoms with Crippen LogP contribution in [0.5, 0.6) is 0 Å². The summed E-state index contributed by atoms with van der Waals surface area (Å²) in [6, 6.07) is 20.6. The first-order valence-corrected chi connectivity index (χ1v) is 8.14. The molecule has 0 atom stereocenters. The van der Waals surface area contributed by atoms with Gasteiger partial charge in [0.1, 0.15) is 13.1 Å². The Morgan fingerprint density at radius 1 is 0.680 bits per heavy atom. The molecule has 0 aliphatic rings. The zero-order chi connectivity index (χ0) is 16.9. The van der Waals surface area contributed by atoms with Crippen LogP contribution in [-0.4, -0.2) is 26.9 Å². The molecule has 6 nitrogen and oxygen atoms in total. The Morgan fingerprint density at radius 3 is 1.56 bits per heavy atom. The molecule has 2 radical (unpaired) electrons. The maximum Gasteiger partial charge on any atom is 0.280 e. The number of hydrogen-bond acceptors (Lipinski definition) is 2. The Labute approximate surface area is 146 Å². The van der Waals surface area contributed by atoms with Crippen molar-refractivity contribution in [2.45, 2.75) is 13.1 Å². The second kappa shape index (κ2) is 7.13. The van der Waals surface area contributed by atoms with Crippen LogP contribution in [0, 0.1) is 0 Å². The van der Waals surface area contributed by atoms with E-state index in [2.05, 4.69) is 34.5 Å². The van der Waals surface area contributed by atoms with Crippen molar-refractivity contribution in [2.75, 3.05) is 0 Å².